The molecule has 1 aliphatic heterocycles. The molecular formula is C25H32N6O. The molecule has 1 fully saturated rings. The van der Waals surface area contributed by atoms with E-state index in [1.165, 1.54) is 16.7 Å². The topological polar surface area (TPSA) is 67.6 Å². The molecule has 0 saturated carbocycles. The average Bonchev–Trinajstić information content (AvgIpc) is 3.50. The molecule has 1 aliphatic rings. The molecule has 0 amide bonds. The monoisotopic (exact) mass is 432 g/mol. The van der Waals surface area contributed by atoms with E-state index in [1.54, 1.807) is 12.7 Å². The predicted octanol–water partition coefficient (Wildman–Crippen LogP) is 3.33. The van der Waals surface area contributed by atoms with E-state index in [0.29, 0.717) is 25.6 Å². The number of nitrogens with one attached hydrogen (secondary N) is 1. The number of likely N-dealkylation sites (tertiary alicyclic amines) is 1. The zero-order valence-electron chi connectivity index (χ0n) is 18.7. The number of benzene rings is 2. The largest absolute Gasteiger partial charge is 0.376 e. The van der Waals surface area contributed by atoms with Crippen LogP contribution in [-0.2, 0) is 24.4 Å². The van der Waals surface area contributed by atoms with Crippen molar-refractivity contribution in [1.29, 1.82) is 0 Å². The molecule has 168 valence electrons. The summed E-state index contributed by atoms with van der Waals surface area (Å²) in [5, 5.41) is 7.65. The summed E-state index contributed by atoms with van der Waals surface area (Å²) in [6, 6.07) is 18.9. The van der Waals surface area contributed by atoms with Crippen LogP contribution < -0.4 is 5.32 Å². The van der Waals surface area contributed by atoms with Crippen LogP contribution >= 0.6 is 0 Å². The molecule has 0 radical (unpaired) electrons. The van der Waals surface area contributed by atoms with Gasteiger partial charge in [-0.3, -0.25) is 0 Å². The van der Waals surface area contributed by atoms with E-state index in [4.69, 9.17) is 9.73 Å². The third kappa shape index (κ3) is 6.40. The van der Waals surface area contributed by atoms with Gasteiger partial charge >= 0.3 is 0 Å². The summed E-state index contributed by atoms with van der Waals surface area (Å²) in [4.78, 5) is 11.3. The molecular weight excluding hydrogens is 400 g/mol. The molecule has 1 unspecified atom stereocenters. The summed E-state index contributed by atoms with van der Waals surface area (Å²) in [6.45, 7) is 7.80. The first kappa shape index (κ1) is 22.0. The molecule has 32 heavy (non-hydrogen) atoms. The lowest BCUT2D eigenvalue weighted by Crippen LogP contribution is -2.40. The maximum atomic E-state index is 5.98. The van der Waals surface area contributed by atoms with Gasteiger partial charge in [0.2, 0.25) is 0 Å². The molecule has 0 aliphatic carbocycles. The van der Waals surface area contributed by atoms with Crippen LogP contribution in [0.15, 0.2) is 72.2 Å². The Morgan fingerprint density at radius 1 is 1.12 bits per heavy atom. The van der Waals surface area contributed by atoms with Crippen LogP contribution in [0, 0.1) is 5.92 Å². The van der Waals surface area contributed by atoms with Crippen molar-refractivity contribution in [1.82, 2.24) is 25.0 Å². The molecule has 1 aromatic heterocycles. The maximum absolute atomic E-state index is 5.98. The third-order valence-corrected chi connectivity index (χ3v) is 5.60. The number of aromatic nitrogens is 3. The van der Waals surface area contributed by atoms with Crippen molar-refractivity contribution < 1.29 is 4.74 Å². The Bertz CT molecular complexity index is 973. The quantitative estimate of drug-likeness (QED) is 0.415. The Morgan fingerprint density at radius 3 is 2.78 bits per heavy atom. The average molecular weight is 433 g/mol. The number of rotatable bonds is 9. The van der Waals surface area contributed by atoms with Crippen LogP contribution in [-0.4, -0.2) is 51.9 Å². The summed E-state index contributed by atoms with van der Waals surface area (Å²) < 4.78 is 7.81. The fourth-order valence-electron chi connectivity index (χ4n) is 4.00. The number of ether oxygens (including phenoxy) is 1. The zero-order chi connectivity index (χ0) is 22.0. The Balaban J connectivity index is 1.30. The number of hydrogen-bond acceptors (Lipinski definition) is 4. The van der Waals surface area contributed by atoms with Crippen LogP contribution in [0.4, 0.5) is 0 Å². The summed E-state index contributed by atoms with van der Waals surface area (Å²) in [7, 11) is 0. The lowest BCUT2D eigenvalue weighted by molar-refractivity contribution is 0.0906. The molecule has 2 aromatic carbocycles. The Morgan fingerprint density at radius 2 is 1.97 bits per heavy atom. The molecule has 4 rings (SSSR count). The summed E-state index contributed by atoms with van der Waals surface area (Å²) in [6.07, 6.45) is 4.43. The first-order valence-electron chi connectivity index (χ1n) is 11.4. The van der Waals surface area contributed by atoms with Gasteiger partial charge in [-0.05, 0) is 30.0 Å². The van der Waals surface area contributed by atoms with Gasteiger partial charge in [0.1, 0.15) is 12.7 Å². The van der Waals surface area contributed by atoms with Gasteiger partial charge in [-0.1, -0.05) is 54.6 Å². The zero-order valence-corrected chi connectivity index (χ0v) is 18.7. The van der Waals surface area contributed by atoms with Crippen molar-refractivity contribution in [3.8, 4) is 0 Å². The van der Waals surface area contributed by atoms with E-state index in [2.05, 4.69) is 75.8 Å². The van der Waals surface area contributed by atoms with Crippen LogP contribution in [0.25, 0.3) is 0 Å². The second kappa shape index (κ2) is 11.4. The SMILES string of the molecule is CCNC(=NCc1cccc(Cn2cncn2)c1)N1CCC(COCc2ccccc2)C1. The number of aliphatic imine (C=N–C) groups is 1. The summed E-state index contributed by atoms with van der Waals surface area (Å²) >= 11 is 0. The van der Waals surface area contributed by atoms with Crippen LogP contribution in [0.5, 0.6) is 0 Å². The van der Waals surface area contributed by atoms with E-state index < -0.39 is 0 Å². The number of nitrogens with zero attached hydrogens (tertiary/aromatic N) is 5. The highest BCUT2D eigenvalue weighted by Crippen LogP contribution is 2.18. The van der Waals surface area contributed by atoms with Crippen molar-refractivity contribution in [3.05, 3.63) is 83.9 Å². The highest BCUT2D eigenvalue weighted by Gasteiger charge is 2.25. The van der Waals surface area contributed by atoms with Gasteiger partial charge in [-0.2, -0.15) is 5.10 Å². The molecule has 7 heteroatoms. The van der Waals surface area contributed by atoms with E-state index in [1.807, 2.05) is 10.7 Å². The minimum atomic E-state index is 0.536. The first-order chi connectivity index (χ1) is 15.8. The van der Waals surface area contributed by atoms with E-state index >= 15 is 0 Å². The van der Waals surface area contributed by atoms with Gasteiger partial charge in [0.05, 0.1) is 26.3 Å². The van der Waals surface area contributed by atoms with Gasteiger partial charge in [0.25, 0.3) is 0 Å². The van der Waals surface area contributed by atoms with Crippen molar-refractivity contribution >= 4 is 5.96 Å². The van der Waals surface area contributed by atoms with E-state index in [9.17, 15) is 0 Å². The van der Waals surface area contributed by atoms with E-state index in [-0.39, 0.29) is 0 Å². The van der Waals surface area contributed by atoms with Gasteiger partial charge < -0.3 is 15.0 Å². The standard InChI is InChI=1S/C25H32N6O/c1-2-27-25(28-14-22-9-6-10-23(13-22)16-31-20-26-19-29-31)30-12-11-24(15-30)18-32-17-21-7-4-3-5-8-21/h3-10,13,19-20,24H,2,11-12,14-18H2,1H3,(H,27,28). The lowest BCUT2D eigenvalue weighted by Gasteiger charge is -2.22. The first-order valence-corrected chi connectivity index (χ1v) is 11.4. The van der Waals surface area contributed by atoms with E-state index in [0.717, 1.165) is 38.6 Å². The Kier molecular flexibility index (Phi) is 7.87. The number of hydrogen-bond donors (Lipinski definition) is 1. The van der Waals surface area contributed by atoms with Gasteiger partial charge in [0.15, 0.2) is 5.96 Å². The highest BCUT2D eigenvalue weighted by molar-refractivity contribution is 5.80. The predicted molar refractivity (Wildman–Crippen MR) is 126 cm³/mol. The van der Waals surface area contributed by atoms with Gasteiger partial charge in [0, 0.05) is 25.6 Å². The normalized spacial score (nSPS) is 16.5. The molecule has 0 bridgehead atoms. The fourth-order valence-corrected chi connectivity index (χ4v) is 4.00. The molecule has 7 nitrogen and oxygen atoms in total. The Labute approximate surface area is 190 Å². The molecule has 1 saturated heterocycles. The van der Waals surface area contributed by atoms with Gasteiger partial charge in [-0.15, -0.1) is 0 Å². The fraction of sp³-hybridized carbons (Fsp3) is 0.400. The van der Waals surface area contributed by atoms with Crippen LogP contribution in [0.1, 0.15) is 30.0 Å². The molecule has 1 N–H and O–H groups in total. The maximum Gasteiger partial charge on any atom is 0.194 e. The van der Waals surface area contributed by atoms with Crippen molar-refractivity contribution in [3.63, 3.8) is 0 Å². The van der Waals surface area contributed by atoms with Crippen LogP contribution in [0.2, 0.25) is 0 Å². The molecule has 2 heterocycles. The second-order valence-electron chi connectivity index (χ2n) is 8.18. The minimum absolute atomic E-state index is 0.536. The van der Waals surface area contributed by atoms with Gasteiger partial charge in [-0.25, -0.2) is 14.7 Å². The molecule has 3 aromatic rings. The summed E-state index contributed by atoms with van der Waals surface area (Å²) in [5.74, 6) is 1.52. The van der Waals surface area contributed by atoms with Crippen molar-refractivity contribution in [2.24, 2.45) is 10.9 Å². The van der Waals surface area contributed by atoms with Crippen molar-refractivity contribution in [2.45, 2.75) is 33.0 Å². The van der Waals surface area contributed by atoms with Crippen LogP contribution in [0.3, 0.4) is 0 Å². The van der Waals surface area contributed by atoms with Crippen molar-refractivity contribution in [2.75, 3.05) is 26.2 Å². The smallest absolute Gasteiger partial charge is 0.194 e. The Hall–Kier alpha value is -3.19. The molecule has 1 atom stereocenters. The third-order valence-electron chi connectivity index (χ3n) is 5.60. The lowest BCUT2D eigenvalue weighted by atomic mass is 10.1. The summed E-state index contributed by atoms with van der Waals surface area (Å²) in [5.41, 5.74) is 3.62. The number of guanidine groups is 1. The second-order valence-corrected chi connectivity index (χ2v) is 8.18. The minimum Gasteiger partial charge on any atom is -0.376 e. The molecule has 0 spiro atoms. The highest BCUT2D eigenvalue weighted by atomic mass is 16.5.